The Labute approximate surface area is 90.3 Å². The smallest absolute Gasteiger partial charge is 0.167 e. The molecule has 4 heteroatoms. The van der Waals surface area contributed by atoms with E-state index in [1.807, 2.05) is 0 Å². The zero-order valence-electron chi connectivity index (χ0n) is 9.41. The van der Waals surface area contributed by atoms with E-state index >= 15 is 0 Å². The fraction of sp³-hybridized carbons (Fsp3) is 0.545. The number of nitriles is 1. The maximum atomic E-state index is 8.90. The van der Waals surface area contributed by atoms with E-state index in [9.17, 15) is 0 Å². The van der Waals surface area contributed by atoms with Crippen LogP contribution in [-0.4, -0.2) is 15.7 Å². The second-order valence-corrected chi connectivity index (χ2v) is 3.80. The van der Waals surface area contributed by atoms with Gasteiger partial charge in [-0.05, 0) is 25.8 Å². The first-order valence-electron chi connectivity index (χ1n) is 5.15. The molecule has 0 radical (unpaired) electrons. The maximum absolute atomic E-state index is 8.90. The van der Waals surface area contributed by atoms with Gasteiger partial charge < -0.3 is 5.32 Å². The highest BCUT2D eigenvalue weighted by atomic mass is 15.2. The third kappa shape index (κ3) is 2.66. The average molecular weight is 204 g/mol. The molecule has 1 rings (SSSR count). The molecule has 0 amide bonds. The van der Waals surface area contributed by atoms with Gasteiger partial charge in [0.2, 0.25) is 0 Å². The molecule has 0 aliphatic carbocycles. The highest BCUT2D eigenvalue weighted by Gasteiger charge is 2.21. The summed E-state index contributed by atoms with van der Waals surface area (Å²) < 4.78 is 0. The molecule has 1 N–H and O–H groups in total. The first kappa shape index (κ1) is 11.4. The molecule has 0 aliphatic rings. The number of nitrogens with zero attached hydrogens (tertiary/aromatic N) is 3. The Morgan fingerprint density at radius 1 is 1.47 bits per heavy atom. The van der Waals surface area contributed by atoms with Gasteiger partial charge in [-0.2, -0.15) is 10.4 Å². The van der Waals surface area contributed by atoms with Crippen LogP contribution in [0.3, 0.4) is 0 Å². The van der Waals surface area contributed by atoms with Crippen LogP contribution in [0.2, 0.25) is 0 Å². The summed E-state index contributed by atoms with van der Waals surface area (Å²) in [5, 5.41) is 19.9. The molecule has 0 bridgehead atoms. The van der Waals surface area contributed by atoms with Crippen molar-refractivity contribution >= 4 is 5.82 Å². The van der Waals surface area contributed by atoms with Crippen molar-refractivity contribution in [2.24, 2.45) is 0 Å². The normalized spacial score (nSPS) is 10.8. The van der Waals surface area contributed by atoms with E-state index in [4.69, 9.17) is 5.26 Å². The number of rotatable bonds is 4. The van der Waals surface area contributed by atoms with Gasteiger partial charge in [-0.3, -0.25) is 0 Å². The molecule has 0 aromatic carbocycles. The topological polar surface area (TPSA) is 61.6 Å². The van der Waals surface area contributed by atoms with E-state index in [0.29, 0.717) is 11.4 Å². The molecule has 1 aromatic heterocycles. The van der Waals surface area contributed by atoms with Gasteiger partial charge in [-0.1, -0.05) is 13.8 Å². The molecule has 1 aromatic rings. The predicted molar refractivity (Wildman–Crippen MR) is 59.4 cm³/mol. The summed E-state index contributed by atoms with van der Waals surface area (Å²) in [6, 6.07) is 3.77. The van der Waals surface area contributed by atoms with Gasteiger partial charge >= 0.3 is 0 Å². The van der Waals surface area contributed by atoms with Gasteiger partial charge in [0.25, 0.3) is 0 Å². The molecule has 80 valence electrons. The van der Waals surface area contributed by atoms with Crippen LogP contribution in [0.1, 0.15) is 39.2 Å². The van der Waals surface area contributed by atoms with Gasteiger partial charge in [0, 0.05) is 5.54 Å². The predicted octanol–water partition coefficient (Wildman–Crippen LogP) is 2.34. The Morgan fingerprint density at radius 2 is 2.13 bits per heavy atom. The minimum Gasteiger partial charge on any atom is -0.362 e. The summed E-state index contributed by atoms with van der Waals surface area (Å²) in [4.78, 5) is 0. The molecule has 0 aliphatic heterocycles. The Kier molecular flexibility index (Phi) is 3.62. The highest BCUT2D eigenvalue weighted by Crippen LogP contribution is 2.21. The largest absolute Gasteiger partial charge is 0.362 e. The van der Waals surface area contributed by atoms with Crippen molar-refractivity contribution in [3.05, 3.63) is 17.8 Å². The first-order valence-corrected chi connectivity index (χ1v) is 5.15. The Morgan fingerprint density at radius 3 is 2.67 bits per heavy atom. The number of aromatic nitrogens is 2. The van der Waals surface area contributed by atoms with Crippen molar-refractivity contribution in [1.29, 1.82) is 5.26 Å². The molecule has 1 heterocycles. The number of nitrogens with one attached hydrogen (secondary N) is 1. The third-order valence-corrected chi connectivity index (χ3v) is 2.82. The van der Waals surface area contributed by atoms with E-state index in [2.05, 4.69) is 42.4 Å². The zero-order valence-corrected chi connectivity index (χ0v) is 9.41. The maximum Gasteiger partial charge on any atom is 0.167 e. The third-order valence-electron chi connectivity index (χ3n) is 2.82. The molecule has 0 unspecified atom stereocenters. The van der Waals surface area contributed by atoms with Crippen molar-refractivity contribution < 1.29 is 0 Å². The zero-order chi connectivity index (χ0) is 11.3. The van der Waals surface area contributed by atoms with E-state index < -0.39 is 0 Å². The first-order chi connectivity index (χ1) is 7.15. The minimum absolute atomic E-state index is 0.0262. The van der Waals surface area contributed by atoms with Crippen molar-refractivity contribution in [3.8, 4) is 6.07 Å². The monoisotopic (exact) mass is 204 g/mol. The Balaban J connectivity index is 2.94. The second-order valence-electron chi connectivity index (χ2n) is 3.80. The lowest BCUT2D eigenvalue weighted by Gasteiger charge is -2.28. The van der Waals surface area contributed by atoms with Gasteiger partial charge in [0.15, 0.2) is 5.82 Å². The molecule has 0 saturated carbocycles. The Hall–Kier alpha value is -1.63. The van der Waals surface area contributed by atoms with Gasteiger partial charge in [0.05, 0.1) is 11.8 Å². The van der Waals surface area contributed by atoms with Crippen LogP contribution in [-0.2, 0) is 0 Å². The molecule has 0 fully saturated rings. The van der Waals surface area contributed by atoms with E-state index in [1.165, 1.54) is 6.20 Å². The van der Waals surface area contributed by atoms with Crippen molar-refractivity contribution in [2.45, 2.75) is 39.2 Å². The lowest BCUT2D eigenvalue weighted by Crippen LogP contribution is -2.33. The highest BCUT2D eigenvalue weighted by molar-refractivity contribution is 5.51. The fourth-order valence-electron chi connectivity index (χ4n) is 1.23. The van der Waals surface area contributed by atoms with E-state index in [0.717, 1.165) is 12.8 Å². The van der Waals surface area contributed by atoms with Crippen molar-refractivity contribution in [1.82, 2.24) is 10.2 Å². The number of hydrogen-bond donors (Lipinski definition) is 1. The van der Waals surface area contributed by atoms with Crippen LogP contribution < -0.4 is 5.32 Å². The summed E-state index contributed by atoms with van der Waals surface area (Å²) in [6.07, 6.45) is 3.48. The number of hydrogen-bond acceptors (Lipinski definition) is 4. The molecule has 15 heavy (non-hydrogen) atoms. The molecule has 0 atom stereocenters. The molecular weight excluding hydrogens is 188 g/mol. The van der Waals surface area contributed by atoms with Crippen LogP contribution >= 0.6 is 0 Å². The molecular formula is C11H16N4. The van der Waals surface area contributed by atoms with Crippen LogP contribution in [0.4, 0.5) is 5.82 Å². The summed E-state index contributed by atoms with van der Waals surface area (Å²) >= 11 is 0. The van der Waals surface area contributed by atoms with Gasteiger partial charge in [-0.25, -0.2) is 0 Å². The SMILES string of the molecule is CCC(C)(CC)Nc1nnccc1C#N. The summed E-state index contributed by atoms with van der Waals surface area (Å²) in [5.74, 6) is 0.575. The summed E-state index contributed by atoms with van der Waals surface area (Å²) in [7, 11) is 0. The van der Waals surface area contributed by atoms with E-state index in [-0.39, 0.29) is 5.54 Å². The summed E-state index contributed by atoms with van der Waals surface area (Å²) in [6.45, 7) is 6.33. The fourth-order valence-corrected chi connectivity index (χ4v) is 1.23. The quantitative estimate of drug-likeness (QED) is 0.817. The van der Waals surface area contributed by atoms with Gasteiger partial charge in [-0.15, -0.1) is 5.10 Å². The molecule has 0 saturated heterocycles. The lowest BCUT2D eigenvalue weighted by atomic mass is 9.95. The summed E-state index contributed by atoms with van der Waals surface area (Å²) in [5.41, 5.74) is 0.514. The minimum atomic E-state index is -0.0262. The molecule has 4 nitrogen and oxygen atoms in total. The van der Waals surface area contributed by atoms with Crippen LogP contribution in [0.25, 0.3) is 0 Å². The van der Waals surface area contributed by atoms with Gasteiger partial charge in [0.1, 0.15) is 6.07 Å². The standard InChI is InChI=1S/C11H16N4/c1-4-11(3,5-2)14-10-9(8-12)6-7-13-15-10/h6-7H,4-5H2,1-3H3,(H,14,15). The molecule has 0 spiro atoms. The number of anilines is 1. The van der Waals surface area contributed by atoms with E-state index in [1.54, 1.807) is 6.07 Å². The van der Waals surface area contributed by atoms with Crippen molar-refractivity contribution in [3.63, 3.8) is 0 Å². The van der Waals surface area contributed by atoms with Crippen LogP contribution in [0, 0.1) is 11.3 Å². The lowest BCUT2D eigenvalue weighted by molar-refractivity contribution is 0.476. The van der Waals surface area contributed by atoms with Crippen LogP contribution in [0.15, 0.2) is 12.3 Å². The van der Waals surface area contributed by atoms with Crippen molar-refractivity contribution in [2.75, 3.05) is 5.32 Å². The average Bonchev–Trinajstić information content (AvgIpc) is 2.29. The second kappa shape index (κ2) is 4.74. The Bertz CT molecular complexity index is 363. The van der Waals surface area contributed by atoms with Crippen LogP contribution in [0.5, 0.6) is 0 Å².